The molecule has 5 nitrogen and oxygen atoms in total. The van der Waals surface area contributed by atoms with Gasteiger partial charge in [-0.05, 0) is 22.3 Å². The van der Waals surface area contributed by atoms with E-state index in [0.29, 0.717) is 37.8 Å². The summed E-state index contributed by atoms with van der Waals surface area (Å²) in [5, 5.41) is 2.46. The topological polar surface area (TPSA) is 64.2 Å². The maximum Gasteiger partial charge on any atom is 0.261 e. The molecule has 1 heterocycles. The highest BCUT2D eigenvalue weighted by Gasteiger charge is 2.49. The molecule has 0 atom stereocenters. The molecule has 3 rings (SSSR count). The lowest BCUT2D eigenvalue weighted by Crippen LogP contribution is -2.66. The highest BCUT2D eigenvalue weighted by atomic mass is 28.4. The van der Waals surface area contributed by atoms with E-state index in [1.54, 1.807) is 0 Å². The number of rotatable bonds is 9. The fourth-order valence-electron chi connectivity index (χ4n) is 4.05. The molecule has 1 N–H and O–H groups in total. The summed E-state index contributed by atoms with van der Waals surface area (Å²) < 4.78 is 12.6. The third-order valence-corrected chi connectivity index (χ3v) is 10.4. The van der Waals surface area contributed by atoms with Crippen molar-refractivity contribution in [2.24, 2.45) is 0 Å². The van der Waals surface area contributed by atoms with Gasteiger partial charge >= 0.3 is 0 Å². The third-order valence-electron chi connectivity index (χ3n) is 5.37. The average Bonchev–Trinajstić information content (AvgIpc) is 2.73. The summed E-state index contributed by atoms with van der Waals surface area (Å²) in [6.07, 6.45) is 0.566. The molecule has 6 heteroatoms. The molecule has 0 amide bonds. The summed E-state index contributed by atoms with van der Waals surface area (Å²) in [6.45, 7) is 10.1. The Morgan fingerprint density at radius 2 is 1.48 bits per heavy atom. The number of nitrogens with one attached hydrogen (secondary N) is 1. The van der Waals surface area contributed by atoms with Crippen LogP contribution in [0.5, 0.6) is 0 Å². The van der Waals surface area contributed by atoms with E-state index in [1.807, 2.05) is 19.1 Å². The van der Waals surface area contributed by atoms with Gasteiger partial charge in [0.2, 0.25) is 0 Å². The molecule has 2 aromatic carbocycles. The van der Waals surface area contributed by atoms with E-state index >= 15 is 0 Å². The first-order chi connectivity index (χ1) is 14.8. The SMILES string of the molecule is Cc1cc(=O)[nH]c(CCOCCO[Si](c2ccccc2)(c2ccccc2)C(C)(C)C)n1. The van der Waals surface area contributed by atoms with Crippen molar-refractivity contribution >= 4 is 18.7 Å². The van der Waals surface area contributed by atoms with E-state index in [2.05, 4.69) is 79.3 Å². The van der Waals surface area contributed by atoms with Gasteiger partial charge in [-0.3, -0.25) is 4.79 Å². The van der Waals surface area contributed by atoms with Crippen LogP contribution in [0, 0.1) is 6.92 Å². The zero-order valence-electron chi connectivity index (χ0n) is 18.9. The maximum atomic E-state index is 11.6. The molecule has 0 fully saturated rings. The first kappa shape index (κ1) is 23.1. The van der Waals surface area contributed by atoms with Gasteiger partial charge in [0.1, 0.15) is 5.82 Å². The van der Waals surface area contributed by atoms with E-state index in [0.717, 1.165) is 0 Å². The molecule has 0 aliphatic heterocycles. The van der Waals surface area contributed by atoms with Crippen LogP contribution < -0.4 is 15.9 Å². The second-order valence-electron chi connectivity index (χ2n) is 8.71. The molecule has 164 valence electrons. The molecule has 0 radical (unpaired) electrons. The number of hydrogen-bond donors (Lipinski definition) is 1. The second kappa shape index (κ2) is 10.2. The Morgan fingerprint density at radius 1 is 0.903 bits per heavy atom. The molecule has 31 heavy (non-hydrogen) atoms. The van der Waals surface area contributed by atoms with Crippen molar-refractivity contribution in [3.8, 4) is 0 Å². The number of nitrogens with zero attached hydrogens (tertiary/aromatic N) is 1. The highest BCUT2D eigenvalue weighted by Crippen LogP contribution is 2.36. The van der Waals surface area contributed by atoms with Gasteiger partial charge in [-0.1, -0.05) is 81.4 Å². The van der Waals surface area contributed by atoms with Gasteiger partial charge < -0.3 is 14.1 Å². The van der Waals surface area contributed by atoms with E-state index < -0.39 is 8.32 Å². The molecule has 0 spiro atoms. The van der Waals surface area contributed by atoms with Crippen LogP contribution in [-0.2, 0) is 15.6 Å². The normalized spacial score (nSPS) is 12.1. The van der Waals surface area contributed by atoms with Crippen molar-refractivity contribution in [2.45, 2.75) is 39.2 Å². The zero-order chi connectivity index (χ0) is 22.3. The van der Waals surface area contributed by atoms with E-state index in [1.165, 1.54) is 16.4 Å². The zero-order valence-corrected chi connectivity index (χ0v) is 19.9. The molecular weight excluding hydrogens is 404 g/mol. The van der Waals surface area contributed by atoms with Crippen molar-refractivity contribution in [1.29, 1.82) is 0 Å². The molecule has 0 unspecified atom stereocenters. The van der Waals surface area contributed by atoms with Gasteiger partial charge in [-0.25, -0.2) is 4.98 Å². The first-order valence-corrected chi connectivity index (χ1v) is 12.6. The molecule has 0 bridgehead atoms. The van der Waals surface area contributed by atoms with Crippen LogP contribution in [0.15, 0.2) is 71.5 Å². The van der Waals surface area contributed by atoms with E-state index in [9.17, 15) is 4.79 Å². The Balaban J connectivity index is 1.70. The minimum Gasteiger partial charge on any atom is -0.405 e. The van der Waals surface area contributed by atoms with Crippen LogP contribution in [-0.4, -0.2) is 38.1 Å². The van der Waals surface area contributed by atoms with Crippen LogP contribution in [0.2, 0.25) is 5.04 Å². The number of H-pyrrole nitrogens is 1. The number of ether oxygens (including phenoxy) is 1. The molecule has 0 aliphatic carbocycles. The third kappa shape index (κ3) is 5.58. The molecule has 0 saturated heterocycles. The van der Waals surface area contributed by atoms with Gasteiger partial charge in [0.25, 0.3) is 13.9 Å². The lowest BCUT2D eigenvalue weighted by Gasteiger charge is -2.43. The second-order valence-corrected chi connectivity index (χ2v) is 13.0. The Hall–Kier alpha value is -2.54. The Bertz CT molecular complexity index is 975. The molecule has 0 aliphatic rings. The number of hydrogen-bond acceptors (Lipinski definition) is 4. The van der Waals surface area contributed by atoms with Crippen LogP contribution >= 0.6 is 0 Å². The van der Waals surface area contributed by atoms with E-state index in [-0.39, 0.29) is 10.6 Å². The van der Waals surface area contributed by atoms with Crippen molar-refractivity contribution in [2.75, 3.05) is 19.8 Å². The van der Waals surface area contributed by atoms with Crippen LogP contribution in [0.3, 0.4) is 0 Å². The molecular formula is C25H32N2O3Si. The fraction of sp³-hybridized carbons (Fsp3) is 0.360. The minimum absolute atomic E-state index is 0.0549. The summed E-state index contributed by atoms with van der Waals surface area (Å²) in [6, 6.07) is 22.7. The lowest BCUT2D eigenvalue weighted by molar-refractivity contribution is 0.0981. The van der Waals surface area contributed by atoms with Crippen molar-refractivity contribution in [3.05, 3.63) is 88.6 Å². The van der Waals surface area contributed by atoms with Gasteiger partial charge in [0, 0.05) is 18.2 Å². The summed E-state index contributed by atoms with van der Waals surface area (Å²) in [4.78, 5) is 18.7. The summed E-state index contributed by atoms with van der Waals surface area (Å²) >= 11 is 0. The number of aryl methyl sites for hydroxylation is 1. The Labute approximate surface area is 185 Å². The Kier molecular flexibility index (Phi) is 7.59. The molecule has 3 aromatic rings. The Morgan fingerprint density at radius 3 is 2.00 bits per heavy atom. The largest absolute Gasteiger partial charge is 0.405 e. The first-order valence-electron chi connectivity index (χ1n) is 10.7. The fourth-order valence-corrected chi connectivity index (χ4v) is 8.59. The number of benzene rings is 2. The van der Waals surface area contributed by atoms with Gasteiger partial charge in [-0.15, -0.1) is 0 Å². The summed E-state index contributed by atoms with van der Waals surface area (Å²) in [5.41, 5.74) is 0.589. The maximum absolute atomic E-state index is 11.6. The summed E-state index contributed by atoms with van der Waals surface area (Å²) in [7, 11) is -2.53. The van der Waals surface area contributed by atoms with Crippen molar-refractivity contribution < 1.29 is 9.16 Å². The van der Waals surface area contributed by atoms with Crippen molar-refractivity contribution in [3.63, 3.8) is 0 Å². The summed E-state index contributed by atoms with van der Waals surface area (Å²) in [5.74, 6) is 0.651. The highest BCUT2D eigenvalue weighted by molar-refractivity contribution is 6.99. The lowest BCUT2D eigenvalue weighted by atomic mass is 10.2. The number of aromatic amines is 1. The van der Waals surface area contributed by atoms with Crippen molar-refractivity contribution in [1.82, 2.24) is 9.97 Å². The number of aromatic nitrogens is 2. The average molecular weight is 437 g/mol. The quantitative estimate of drug-likeness (QED) is 0.413. The molecule has 0 saturated carbocycles. The minimum atomic E-state index is -2.53. The van der Waals surface area contributed by atoms with Crippen LogP contribution in [0.4, 0.5) is 0 Å². The van der Waals surface area contributed by atoms with Gasteiger partial charge in [0.15, 0.2) is 0 Å². The smallest absolute Gasteiger partial charge is 0.261 e. The van der Waals surface area contributed by atoms with Gasteiger partial charge in [-0.2, -0.15) is 0 Å². The van der Waals surface area contributed by atoms with Crippen LogP contribution in [0.1, 0.15) is 32.3 Å². The predicted octanol–water partition coefficient (Wildman–Crippen LogP) is 3.21. The monoisotopic (exact) mass is 436 g/mol. The predicted molar refractivity (Wildman–Crippen MR) is 128 cm³/mol. The van der Waals surface area contributed by atoms with Gasteiger partial charge in [0.05, 0.1) is 19.8 Å². The van der Waals surface area contributed by atoms with E-state index in [4.69, 9.17) is 9.16 Å². The standard InChI is InChI=1S/C25H32N2O3Si/c1-20-19-24(28)27-23(26-20)15-16-29-17-18-30-31(25(2,3)4,21-11-7-5-8-12-21)22-13-9-6-10-14-22/h5-14,19H,15-18H2,1-4H3,(H,26,27,28). The molecule has 1 aromatic heterocycles. The van der Waals surface area contributed by atoms with Crippen LogP contribution in [0.25, 0.3) is 0 Å².